The summed E-state index contributed by atoms with van der Waals surface area (Å²) >= 11 is 1.33. The molecule has 46 heavy (non-hydrogen) atoms. The van der Waals surface area contributed by atoms with Crippen molar-refractivity contribution < 1.29 is 23.5 Å². The van der Waals surface area contributed by atoms with Gasteiger partial charge in [-0.15, -0.1) is 11.8 Å². The summed E-state index contributed by atoms with van der Waals surface area (Å²) in [5.74, 6) is -0.266. The summed E-state index contributed by atoms with van der Waals surface area (Å²) in [6.45, 7) is 1.79. The van der Waals surface area contributed by atoms with Gasteiger partial charge in [-0.3, -0.25) is 14.4 Å². The summed E-state index contributed by atoms with van der Waals surface area (Å²) in [6, 6.07) is 37.7. The number of para-hydroxylation sites is 1. The van der Waals surface area contributed by atoms with E-state index in [4.69, 9.17) is 4.74 Å². The minimum atomic E-state index is -0.568. The molecular formula is C37H30FN3O4S. The molecule has 1 unspecified atom stereocenters. The zero-order valence-electron chi connectivity index (χ0n) is 24.8. The van der Waals surface area contributed by atoms with Gasteiger partial charge in [0.25, 0.3) is 11.8 Å². The first-order chi connectivity index (χ1) is 22.3. The highest BCUT2D eigenvalue weighted by Gasteiger charge is 2.17. The van der Waals surface area contributed by atoms with Crippen LogP contribution in [0.4, 0.5) is 15.8 Å². The van der Waals surface area contributed by atoms with Crippen LogP contribution < -0.4 is 20.7 Å². The van der Waals surface area contributed by atoms with Crippen molar-refractivity contribution in [2.24, 2.45) is 0 Å². The van der Waals surface area contributed by atoms with Crippen LogP contribution in [0.2, 0.25) is 0 Å². The Hall–Kier alpha value is -5.67. The smallest absolute Gasteiger partial charge is 0.272 e. The van der Waals surface area contributed by atoms with Crippen molar-refractivity contribution in [1.29, 1.82) is 0 Å². The Bertz CT molecular complexity index is 1830. The van der Waals surface area contributed by atoms with Gasteiger partial charge < -0.3 is 20.7 Å². The Morgan fingerprint density at radius 1 is 0.717 bits per heavy atom. The molecule has 0 heterocycles. The molecule has 0 aliphatic heterocycles. The molecule has 5 rings (SSSR count). The molecule has 0 aliphatic carbocycles. The third-order valence-corrected chi connectivity index (χ3v) is 7.68. The fourth-order valence-corrected chi connectivity index (χ4v) is 5.17. The number of rotatable bonds is 11. The summed E-state index contributed by atoms with van der Waals surface area (Å²) in [5.41, 5.74) is 1.99. The SMILES string of the molecule is CC(Sc1cccc(NC(=O)/C(=C/c2ccc(F)cc2)NC(=O)c2ccccc2)c1)C(=O)Nc1ccc(Oc2ccccc2)cc1. The molecule has 7 nitrogen and oxygen atoms in total. The summed E-state index contributed by atoms with van der Waals surface area (Å²) in [6.07, 6.45) is 1.47. The highest BCUT2D eigenvalue weighted by molar-refractivity contribution is 8.00. The molecule has 1 atom stereocenters. The highest BCUT2D eigenvalue weighted by Crippen LogP contribution is 2.28. The van der Waals surface area contributed by atoms with E-state index in [1.807, 2.05) is 36.4 Å². The molecule has 5 aromatic carbocycles. The molecule has 0 radical (unpaired) electrons. The Labute approximate surface area is 270 Å². The number of ether oxygens (including phenoxy) is 1. The fourth-order valence-electron chi connectivity index (χ4n) is 4.25. The van der Waals surface area contributed by atoms with Crippen LogP contribution in [-0.4, -0.2) is 23.0 Å². The van der Waals surface area contributed by atoms with Crippen molar-refractivity contribution in [2.75, 3.05) is 10.6 Å². The molecule has 0 aliphatic rings. The van der Waals surface area contributed by atoms with E-state index >= 15 is 0 Å². The molecule has 230 valence electrons. The first kappa shape index (κ1) is 31.7. The normalized spacial score (nSPS) is 11.7. The number of thioether (sulfide) groups is 1. The van der Waals surface area contributed by atoms with E-state index in [9.17, 15) is 18.8 Å². The van der Waals surface area contributed by atoms with Gasteiger partial charge in [-0.2, -0.15) is 0 Å². The van der Waals surface area contributed by atoms with Crippen molar-refractivity contribution in [3.05, 3.63) is 156 Å². The zero-order valence-corrected chi connectivity index (χ0v) is 25.6. The number of halogens is 1. The first-order valence-corrected chi connectivity index (χ1v) is 15.3. The minimum Gasteiger partial charge on any atom is -0.457 e. The summed E-state index contributed by atoms with van der Waals surface area (Å²) < 4.78 is 19.3. The predicted octanol–water partition coefficient (Wildman–Crippen LogP) is 8.15. The second-order valence-corrected chi connectivity index (χ2v) is 11.5. The van der Waals surface area contributed by atoms with Gasteiger partial charge in [0.1, 0.15) is 23.0 Å². The van der Waals surface area contributed by atoms with Gasteiger partial charge in [-0.1, -0.05) is 54.6 Å². The van der Waals surface area contributed by atoms with E-state index in [0.717, 1.165) is 10.6 Å². The minimum absolute atomic E-state index is 0.0218. The lowest BCUT2D eigenvalue weighted by Gasteiger charge is -2.14. The van der Waals surface area contributed by atoms with Gasteiger partial charge in [0, 0.05) is 21.8 Å². The van der Waals surface area contributed by atoms with Crippen molar-refractivity contribution in [3.63, 3.8) is 0 Å². The van der Waals surface area contributed by atoms with Crippen molar-refractivity contribution in [1.82, 2.24) is 5.32 Å². The third kappa shape index (κ3) is 9.17. The molecule has 0 saturated heterocycles. The molecule has 0 spiro atoms. The van der Waals surface area contributed by atoms with Crippen LogP contribution in [0, 0.1) is 5.82 Å². The van der Waals surface area contributed by atoms with E-state index in [-0.39, 0.29) is 11.6 Å². The van der Waals surface area contributed by atoms with E-state index in [2.05, 4.69) is 16.0 Å². The third-order valence-electron chi connectivity index (χ3n) is 6.58. The van der Waals surface area contributed by atoms with Crippen molar-refractivity contribution in [3.8, 4) is 11.5 Å². The van der Waals surface area contributed by atoms with Crippen LogP contribution in [-0.2, 0) is 9.59 Å². The molecule has 0 fully saturated rings. The Morgan fingerprint density at radius 3 is 2.07 bits per heavy atom. The fraction of sp³-hybridized carbons (Fsp3) is 0.0541. The van der Waals surface area contributed by atoms with E-state index < -0.39 is 22.9 Å². The van der Waals surface area contributed by atoms with E-state index in [1.54, 1.807) is 79.7 Å². The molecule has 9 heteroatoms. The van der Waals surface area contributed by atoms with Gasteiger partial charge in [0.15, 0.2) is 0 Å². The van der Waals surface area contributed by atoms with Gasteiger partial charge in [0.2, 0.25) is 5.91 Å². The lowest BCUT2D eigenvalue weighted by Crippen LogP contribution is -2.30. The number of amides is 3. The van der Waals surface area contributed by atoms with Gasteiger partial charge in [-0.25, -0.2) is 4.39 Å². The van der Waals surface area contributed by atoms with Crippen molar-refractivity contribution in [2.45, 2.75) is 17.1 Å². The zero-order chi connectivity index (χ0) is 32.3. The number of nitrogens with one attached hydrogen (secondary N) is 3. The van der Waals surface area contributed by atoms with Crippen LogP contribution >= 0.6 is 11.8 Å². The van der Waals surface area contributed by atoms with Gasteiger partial charge in [0.05, 0.1) is 5.25 Å². The van der Waals surface area contributed by atoms with Crippen LogP contribution in [0.15, 0.2) is 144 Å². The van der Waals surface area contributed by atoms with Gasteiger partial charge in [-0.05, 0) is 97.4 Å². The summed E-state index contributed by atoms with van der Waals surface area (Å²) in [5, 5.41) is 7.94. The van der Waals surface area contributed by atoms with E-state index in [1.165, 1.54) is 42.1 Å². The topological polar surface area (TPSA) is 96.5 Å². The molecule has 3 N–H and O–H groups in total. The number of carbonyl (C=O) groups excluding carboxylic acids is 3. The second-order valence-electron chi connectivity index (χ2n) is 10.1. The van der Waals surface area contributed by atoms with Crippen molar-refractivity contribution >= 4 is 46.9 Å². The quantitative estimate of drug-likeness (QED) is 0.101. The summed E-state index contributed by atoms with van der Waals surface area (Å²) in [7, 11) is 0. The van der Waals surface area contributed by atoms with Gasteiger partial charge >= 0.3 is 0 Å². The standard InChI is InChI=1S/C37H30FN3O4S/c1-25(35(42)39-29-19-21-32(22-20-29)45-31-12-6-3-7-13-31)46-33-14-8-11-30(24-33)40-37(44)34(23-26-15-17-28(38)18-16-26)41-36(43)27-9-4-2-5-10-27/h2-25H,1H3,(H,39,42)(H,40,44)(H,41,43)/b34-23-. The maximum absolute atomic E-state index is 13.5. The maximum Gasteiger partial charge on any atom is 0.272 e. The Balaban J connectivity index is 1.22. The molecule has 3 amide bonds. The molecule has 0 aromatic heterocycles. The lowest BCUT2D eigenvalue weighted by atomic mass is 10.1. The Morgan fingerprint density at radius 2 is 1.37 bits per heavy atom. The van der Waals surface area contributed by atoms with E-state index in [0.29, 0.717) is 28.3 Å². The van der Waals surface area contributed by atoms with Crippen LogP contribution in [0.25, 0.3) is 6.08 Å². The number of anilines is 2. The maximum atomic E-state index is 13.5. The average Bonchev–Trinajstić information content (AvgIpc) is 3.07. The predicted molar refractivity (Wildman–Crippen MR) is 180 cm³/mol. The first-order valence-electron chi connectivity index (χ1n) is 14.4. The largest absolute Gasteiger partial charge is 0.457 e. The molecule has 5 aromatic rings. The number of hydrogen-bond acceptors (Lipinski definition) is 5. The highest BCUT2D eigenvalue weighted by atomic mass is 32.2. The lowest BCUT2D eigenvalue weighted by molar-refractivity contribution is -0.115. The molecule has 0 saturated carbocycles. The number of hydrogen-bond donors (Lipinski definition) is 3. The monoisotopic (exact) mass is 631 g/mol. The van der Waals surface area contributed by atoms with Crippen LogP contribution in [0.1, 0.15) is 22.8 Å². The number of carbonyl (C=O) groups is 3. The average molecular weight is 632 g/mol. The van der Waals surface area contributed by atoms with Crippen LogP contribution in [0.3, 0.4) is 0 Å². The van der Waals surface area contributed by atoms with Crippen LogP contribution in [0.5, 0.6) is 11.5 Å². The Kier molecular flexibility index (Phi) is 10.6. The second kappa shape index (κ2) is 15.4. The number of benzene rings is 5. The summed E-state index contributed by atoms with van der Waals surface area (Å²) in [4.78, 5) is 40.0. The molecule has 0 bridgehead atoms. The molecular weight excluding hydrogens is 601 g/mol.